The molecule has 10 aromatic rings. The molecule has 250 valence electrons. The van der Waals surface area contributed by atoms with Crippen LogP contribution in [0.1, 0.15) is 11.1 Å². The first kappa shape index (κ1) is 31.1. The molecule has 0 amide bonds. The van der Waals surface area contributed by atoms with Crippen molar-refractivity contribution in [3.05, 3.63) is 181 Å². The smallest absolute Gasteiger partial charge is 0.135 e. The van der Waals surface area contributed by atoms with E-state index in [-0.39, 0.29) is 0 Å². The Labute approximate surface area is 311 Å². The summed E-state index contributed by atoms with van der Waals surface area (Å²) in [4.78, 5) is 0. The van der Waals surface area contributed by atoms with Crippen LogP contribution in [0.2, 0.25) is 0 Å². The van der Waals surface area contributed by atoms with Gasteiger partial charge in [-0.2, -0.15) is 10.5 Å². The Hall–Kier alpha value is -7.66. The Balaban J connectivity index is 1.26. The van der Waals surface area contributed by atoms with Crippen LogP contribution in [0, 0.1) is 22.7 Å². The van der Waals surface area contributed by atoms with Crippen LogP contribution in [0.5, 0.6) is 0 Å². The number of furan rings is 2. The molecule has 0 unspecified atom stereocenters. The van der Waals surface area contributed by atoms with Gasteiger partial charge in [-0.3, -0.25) is 0 Å². The minimum Gasteiger partial charge on any atom is -0.456 e. The third-order valence-electron chi connectivity index (χ3n) is 10.4. The van der Waals surface area contributed by atoms with Gasteiger partial charge in [0, 0.05) is 27.1 Å². The summed E-state index contributed by atoms with van der Waals surface area (Å²) in [7, 11) is 0. The lowest BCUT2D eigenvalue weighted by Gasteiger charge is -2.17. The standard InChI is InChI=1S/C50H28N2O2/c51-29-34-9-1-3-11-39(34)33-17-20-41(40-12-4-2-10-35(40)30-52)44(28-33)38-24-36(31-18-21-49-45(26-31)42-13-5-7-15-47(42)53-49)23-37(25-38)32-19-22-50-46(27-32)43-14-6-8-16-48(43)54-50/h1-28H. The van der Waals surface area contributed by atoms with Crippen LogP contribution in [-0.2, 0) is 0 Å². The summed E-state index contributed by atoms with van der Waals surface area (Å²) in [5.41, 5.74) is 14.3. The fourth-order valence-corrected chi connectivity index (χ4v) is 7.76. The predicted octanol–water partition coefficient (Wildman–Crippen LogP) is 13.6. The number of nitriles is 2. The molecule has 0 bridgehead atoms. The molecular weight excluding hydrogens is 661 g/mol. The SMILES string of the molecule is N#Cc1ccccc1-c1ccc(-c2ccccc2C#N)c(-c2cc(-c3ccc4oc5ccccc5c4c3)cc(-c3ccc4oc5ccccc5c4c3)c2)c1. The zero-order valence-corrected chi connectivity index (χ0v) is 28.9. The summed E-state index contributed by atoms with van der Waals surface area (Å²) < 4.78 is 12.4. The first-order chi connectivity index (χ1) is 26.6. The quantitative estimate of drug-likeness (QED) is 0.180. The monoisotopic (exact) mass is 688 g/mol. The maximum atomic E-state index is 10.2. The van der Waals surface area contributed by atoms with Gasteiger partial charge in [0.25, 0.3) is 0 Å². The van der Waals surface area contributed by atoms with Gasteiger partial charge in [0.15, 0.2) is 0 Å². The molecule has 0 aliphatic rings. The highest BCUT2D eigenvalue weighted by molar-refractivity contribution is 6.08. The highest BCUT2D eigenvalue weighted by atomic mass is 16.3. The van der Waals surface area contributed by atoms with Crippen LogP contribution in [0.15, 0.2) is 179 Å². The van der Waals surface area contributed by atoms with E-state index in [9.17, 15) is 10.5 Å². The van der Waals surface area contributed by atoms with E-state index in [4.69, 9.17) is 8.83 Å². The molecule has 0 aliphatic heterocycles. The van der Waals surface area contributed by atoms with E-state index < -0.39 is 0 Å². The van der Waals surface area contributed by atoms with Gasteiger partial charge < -0.3 is 8.83 Å². The van der Waals surface area contributed by atoms with Crippen molar-refractivity contribution in [1.29, 1.82) is 10.5 Å². The molecule has 0 atom stereocenters. The van der Waals surface area contributed by atoms with Crippen molar-refractivity contribution in [1.82, 2.24) is 0 Å². The van der Waals surface area contributed by atoms with Gasteiger partial charge in [-0.15, -0.1) is 0 Å². The van der Waals surface area contributed by atoms with Gasteiger partial charge >= 0.3 is 0 Å². The number of hydrogen-bond donors (Lipinski definition) is 0. The van der Waals surface area contributed by atoms with Crippen LogP contribution in [0.3, 0.4) is 0 Å². The first-order valence-corrected chi connectivity index (χ1v) is 17.8. The van der Waals surface area contributed by atoms with Crippen LogP contribution in [0.4, 0.5) is 0 Å². The Morgan fingerprint density at radius 2 is 0.759 bits per heavy atom. The zero-order valence-electron chi connectivity index (χ0n) is 28.9. The Bertz CT molecular complexity index is 3070. The van der Waals surface area contributed by atoms with Gasteiger partial charge in [-0.05, 0) is 123 Å². The van der Waals surface area contributed by atoms with Crippen molar-refractivity contribution in [2.45, 2.75) is 0 Å². The van der Waals surface area contributed by atoms with Crippen molar-refractivity contribution >= 4 is 43.9 Å². The number of fused-ring (bicyclic) bond motifs is 6. The number of benzene rings is 8. The first-order valence-electron chi connectivity index (χ1n) is 17.8. The molecule has 0 saturated heterocycles. The summed E-state index contributed by atoms with van der Waals surface area (Å²) in [6, 6.07) is 62.2. The largest absolute Gasteiger partial charge is 0.456 e. The van der Waals surface area contributed by atoms with Crippen molar-refractivity contribution in [3.63, 3.8) is 0 Å². The van der Waals surface area contributed by atoms with Gasteiger partial charge in [0.1, 0.15) is 22.3 Å². The fourth-order valence-electron chi connectivity index (χ4n) is 7.76. The lowest BCUT2D eigenvalue weighted by Crippen LogP contribution is -1.93. The van der Waals surface area contributed by atoms with Crippen LogP contribution < -0.4 is 0 Å². The van der Waals surface area contributed by atoms with Gasteiger partial charge in [-0.1, -0.05) is 97.1 Å². The summed E-state index contributed by atoms with van der Waals surface area (Å²) >= 11 is 0. The van der Waals surface area contributed by atoms with Gasteiger partial charge in [0.2, 0.25) is 0 Å². The van der Waals surface area contributed by atoms with Gasteiger partial charge in [0.05, 0.1) is 23.3 Å². The normalized spacial score (nSPS) is 11.3. The van der Waals surface area contributed by atoms with E-state index in [2.05, 4.69) is 91.0 Å². The minimum atomic E-state index is 0.592. The Morgan fingerprint density at radius 1 is 0.296 bits per heavy atom. The van der Waals surface area contributed by atoms with E-state index in [1.165, 1.54) is 0 Å². The van der Waals surface area contributed by atoms with Crippen molar-refractivity contribution in [3.8, 4) is 67.8 Å². The molecule has 0 fully saturated rings. The summed E-state index contributed by atoms with van der Waals surface area (Å²) in [6.07, 6.45) is 0. The Morgan fingerprint density at radius 3 is 1.35 bits per heavy atom. The van der Waals surface area contributed by atoms with E-state index >= 15 is 0 Å². The number of para-hydroxylation sites is 2. The molecule has 4 nitrogen and oxygen atoms in total. The van der Waals surface area contributed by atoms with Crippen molar-refractivity contribution in [2.24, 2.45) is 0 Å². The van der Waals surface area contributed by atoms with Crippen LogP contribution in [-0.4, -0.2) is 0 Å². The van der Waals surface area contributed by atoms with Crippen molar-refractivity contribution in [2.75, 3.05) is 0 Å². The lowest BCUT2D eigenvalue weighted by atomic mass is 9.86. The van der Waals surface area contributed by atoms with E-state index in [0.717, 1.165) is 99.5 Å². The van der Waals surface area contributed by atoms with Gasteiger partial charge in [-0.25, -0.2) is 0 Å². The van der Waals surface area contributed by atoms with E-state index in [0.29, 0.717) is 11.1 Å². The average Bonchev–Trinajstić information content (AvgIpc) is 3.81. The summed E-state index contributed by atoms with van der Waals surface area (Å²) in [5, 5.41) is 24.5. The summed E-state index contributed by atoms with van der Waals surface area (Å²) in [6.45, 7) is 0. The van der Waals surface area contributed by atoms with Crippen molar-refractivity contribution < 1.29 is 8.83 Å². The molecule has 10 rings (SSSR count). The third kappa shape index (κ3) is 5.14. The molecule has 2 heterocycles. The minimum absolute atomic E-state index is 0.592. The Kier molecular flexibility index (Phi) is 7.22. The predicted molar refractivity (Wildman–Crippen MR) is 218 cm³/mol. The fraction of sp³-hybridized carbons (Fsp3) is 0. The molecule has 0 saturated carbocycles. The molecule has 0 spiro atoms. The molecule has 54 heavy (non-hydrogen) atoms. The molecule has 2 aromatic heterocycles. The van der Waals surface area contributed by atoms with E-state index in [1.54, 1.807) is 0 Å². The van der Waals surface area contributed by atoms with Crippen LogP contribution >= 0.6 is 0 Å². The second-order valence-corrected chi connectivity index (χ2v) is 13.5. The highest BCUT2D eigenvalue weighted by Crippen LogP contribution is 2.42. The second-order valence-electron chi connectivity index (χ2n) is 13.5. The molecule has 0 N–H and O–H groups in total. The average molecular weight is 689 g/mol. The van der Waals surface area contributed by atoms with Crippen LogP contribution in [0.25, 0.3) is 99.5 Å². The second kappa shape index (κ2) is 12.5. The maximum Gasteiger partial charge on any atom is 0.135 e. The summed E-state index contributed by atoms with van der Waals surface area (Å²) in [5.74, 6) is 0. The number of rotatable bonds is 5. The molecule has 4 heteroatoms. The molecule has 0 aliphatic carbocycles. The number of hydrogen-bond acceptors (Lipinski definition) is 4. The lowest BCUT2D eigenvalue weighted by molar-refractivity contribution is 0.668. The topological polar surface area (TPSA) is 73.9 Å². The third-order valence-corrected chi connectivity index (χ3v) is 10.4. The van der Waals surface area contributed by atoms with E-state index in [1.807, 2.05) is 91.0 Å². The molecule has 8 aromatic carbocycles. The molecule has 0 radical (unpaired) electrons. The number of nitrogens with zero attached hydrogens (tertiary/aromatic N) is 2. The molecular formula is C50H28N2O2. The maximum absolute atomic E-state index is 10.2. The highest BCUT2D eigenvalue weighted by Gasteiger charge is 2.18. The zero-order chi connectivity index (χ0) is 36.2.